The zero-order valence-electron chi connectivity index (χ0n) is 12.9. The Hall–Kier alpha value is -0.940. The Morgan fingerprint density at radius 1 is 1.35 bits per heavy atom. The third-order valence-electron chi connectivity index (χ3n) is 4.23. The molecule has 0 radical (unpaired) electrons. The Bertz CT molecular complexity index is 394. The number of hydrogen-bond donors (Lipinski definition) is 1. The van der Waals surface area contributed by atoms with Gasteiger partial charge in [0.15, 0.2) is 0 Å². The van der Waals surface area contributed by atoms with Crippen molar-refractivity contribution in [2.45, 2.75) is 64.5 Å². The topological polar surface area (TPSA) is 60.2 Å². The molecule has 1 N–H and O–H groups in total. The summed E-state index contributed by atoms with van der Waals surface area (Å²) in [4.78, 5) is 4.53. The lowest BCUT2D eigenvalue weighted by Gasteiger charge is -2.30. The van der Waals surface area contributed by atoms with Crippen molar-refractivity contribution in [3.8, 4) is 0 Å². The zero-order chi connectivity index (χ0) is 14.4. The molecule has 5 heteroatoms. The van der Waals surface area contributed by atoms with E-state index < -0.39 is 0 Å². The van der Waals surface area contributed by atoms with E-state index in [-0.39, 0.29) is 6.10 Å². The minimum atomic E-state index is -0.0380. The molecule has 2 rings (SSSR count). The molecule has 1 aromatic rings. The van der Waals surface area contributed by atoms with Crippen molar-refractivity contribution in [3.05, 3.63) is 11.7 Å². The van der Waals surface area contributed by atoms with Crippen LogP contribution in [0.1, 0.15) is 63.8 Å². The third-order valence-corrected chi connectivity index (χ3v) is 4.23. The molecule has 0 saturated heterocycles. The first kappa shape index (κ1) is 15.4. The predicted molar refractivity (Wildman–Crippen MR) is 77.5 cm³/mol. The van der Waals surface area contributed by atoms with Gasteiger partial charge in [0.05, 0.1) is 0 Å². The molecule has 3 unspecified atom stereocenters. The summed E-state index contributed by atoms with van der Waals surface area (Å²) in [6, 6.07) is 0.577. The number of rotatable bonds is 7. The quantitative estimate of drug-likeness (QED) is 0.832. The highest BCUT2D eigenvalue weighted by atomic mass is 16.5. The number of aromatic nitrogens is 2. The Balaban J connectivity index is 1.97. The van der Waals surface area contributed by atoms with Gasteiger partial charge in [-0.25, -0.2) is 0 Å². The fraction of sp³-hybridized carbons (Fsp3) is 0.867. The molecule has 0 spiro atoms. The SMILES string of the molecule is CCOC(CC)c1noc(CC2CCCCC2NC)n1. The van der Waals surface area contributed by atoms with E-state index in [1.54, 1.807) is 0 Å². The smallest absolute Gasteiger partial charge is 0.227 e. The molecular formula is C15H27N3O2. The van der Waals surface area contributed by atoms with E-state index in [1.165, 1.54) is 25.7 Å². The molecule has 1 fully saturated rings. The Morgan fingerprint density at radius 3 is 2.85 bits per heavy atom. The minimum absolute atomic E-state index is 0.0380. The normalized spacial score (nSPS) is 24.8. The Labute approximate surface area is 121 Å². The van der Waals surface area contributed by atoms with Gasteiger partial charge in [0, 0.05) is 19.1 Å². The lowest BCUT2D eigenvalue weighted by molar-refractivity contribution is 0.0518. The molecule has 20 heavy (non-hydrogen) atoms. The van der Waals surface area contributed by atoms with Gasteiger partial charge in [-0.1, -0.05) is 24.9 Å². The highest BCUT2D eigenvalue weighted by Crippen LogP contribution is 2.27. The van der Waals surface area contributed by atoms with E-state index in [9.17, 15) is 0 Å². The van der Waals surface area contributed by atoms with Crippen molar-refractivity contribution >= 4 is 0 Å². The van der Waals surface area contributed by atoms with Gasteiger partial charge < -0.3 is 14.6 Å². The molecule has 5 nitrogen and oxygen atoms in total. The Kier molecular flexibility index (Phi) is 5.98. The average Bonchev–Trinajstić information content (AvgIpc) is 2.93. The standard InChI is InChI=1S/C15H27N3O2/c1-4-13(19-5-2)15-17-14(20-18-15)10-11-8-6-7-9-12(11)16-3/h11-13,16H,4-10H2,1-3H3. The fourth-order valence-corrected chi connectivity index (χ4v) is 3.11. The summed E-state index contributed by atoms with van der Waals surface area (Å²) in [5.74, 6) is 2.06. The molecule has 1 saturated carbocycles. The maximum atomic E-state index is 5.63. The van der Waals surface area contributed by atoms with E-state index in [2.05, 4.69) is 22.4 Å². The second-order valence-corrected chi connectivity index (χ2v) is 5.54. The van der Waals surface area contributed by atoms with Gasteiger partial charge in [-0.05, 0) is 39.2 Å². The predicted octanol–water partition coefficient (Wildman–Crippen LogP) is 2.88. The van der Waals surface area contributed by atoms with Gasteiger partial charge in [0.1, 0.15) is 6.10 Å². The summed E-state index contributed by atoms with van der Waals surface area (Å²) < 4.78 is 11.0. The van der Waals surface area contributed by atoms with Crippen molar-refractivity contribution in [1.82, 2.24) is 15.5 Å². The van der Waals surface area contributed by atoms with Gasteiger partial charge in [0.2, 0.25) is 11.7 Å². The first-order valence-electron chi connectivity index (χ1n) is 7.89. The van der Waals surface area contributed by atoms with Crippen LogP contribution in [0.4, 0.5) is 0 Å². The summed E-state index contributed by atoms with van der Waals surface area (Å²) in [6.45, 7) is 4.74. The van der Waals surface area contributed by atoms with Crippen molar-refractivity contribution in [1.29, 1.82) is 0 Å². The van der Waals surface area contributed by atoms with Crippen LogP contribution >= 0.6 is 0 Å². The van der Waals surface area contributed by atoms with Crippen LogP contribution in [0.15, 0.2) is 4.52 Å². The molecule has 1 aliphatic carbocycles. The minimum Gasteiger partial charge on any atom is -0.370 e. The zero-order valence-corrected chi connectivity index (χ0v) is 12.9. The second-order valence-electron chi connectivity index (χ2n) is 5.54. The van der Waals surface area contributed by atoms with Crippen LogP contribution in [-0.4, -0.2) is 29.8 Å². The number of ether oxygens (including phenoxy) is 1. The molecule has 0 aliphatic heterocycles. The van der Waals surface area contributed by atoms with Crippen LogP contribution in [0.2, 0.25) is 0 Å². The third kappa shape index (κ3) is 3.79. The van der Waals surface area contributed by atoms with Crippen molar-refractivity contribution in [2.75, 3.05) is 13.7 Å². The lowest BCUT2D eigenvalue weighted by atomic mass is 9.82. The van der Waals surface area contributed by atoms with Crippen molar-refractivity contribution < 1.29 is 9.26 Å². The fourth-order valence-electron chi connectivity index (χ4n) is 3.11. The van der Waals surface area contributed by atoms with Gasteiger partial charge in [-0.3, -0.25) is 0 Å². The summed E-state index contributed by atoms with van der Waals surface area (Å²) >= 11 is 0. The molecular weight excluding hydrogens is 254 g/mol. The van der Waals surface area contributed by atoms with Gasteiger partial charge >= 0.3 is 0 Å². The number of nitrogens with one attached hydrogen (secondary N) is 1. The highest BCUT2D eigenvalue weighted by Gasteiger charge is 2.26. The lowest BCUT2D eigenvalue weighted by Crippen LogP contribution is -2.37. The van der Waals surface area contributed by atoms with E-state index in [1.807, 2.05) is 14.0 Å². The molecule has 114 valence electrons. The van der Waals surface area contributed by atoms with Crippen LogP contribution < -0.4 is 5.32 Å². The molecule has 1 heterocycles. The maximum Gasteiger partial charge on any atom is 0.227 e. The first-order chi connectivity index (χ1) is 9.78. The summed E-state index contributed by atoms with van der Waals surface area (Å²) in [6.07, 6.45) is 6.82. The van der Waals surface area contributed by atoms with E-state index in [0.29, 0.717) is 24.4 Å². The average molecular weight is 281 g/mol. The van der Waals surface area contributed by atoms with E-state index in [4.69, 9.17) is 9.26 Å². The second kappa shape index (κ2) is 7.74. The summed E-state index contributed by atoms with van der Waals surface area (Å²) in [5, 5.41) is 7.51. The molecule has 0 aromatic carbocycles. The largest absolute Gasteiger partial charge is 0.370 e. The van der Waals surface area contributed by atoms with Crippen LogP contribution in [0, 0.1) is 5.92 Å². The molecule has 3 atom stereocenters. The van der Waals surface area contributed by atoms with Gasteiger partial charge in [-0.2, -0.15) is 4.98 Å². The number of nitrogens with zero attached hydrogens (tertiary/aromatic N) is 2. The van der Waals surface area contributed by atoms with Crippen LogP contribution in [0.3, 0.4) is 0 Å². The summed E-state index contributed by atoms with van der Waals surface area (Å²) in [5.41, 5.74) is 0. The Morgan fingerprint density at radius 2 is 2.15 bits per heavy atom. The highest BCUT2D eigenvalue weighted by molar-refractivity contribution is 4.94. The molecule has 1 aromatic heterocycles. The molecule has 0 amide bonds. The maximum absolute atomic E-state index is 5.63. The molecule has 1 aliphatic rings. The van der Waals surface area contributed by atoms with Gasteiger partial charge in [-0.15, -0.1) is 0 Å². The van der Waals surface area contributed by atoms with Crippen molar-refractivity contribution in [2.24, 2.45) is 5.92 Å². The van der Waals surface area contributed by atoms with Crippen LogP contribution in [0.25, 0.3) is 0 Å². The van der Waals surface area contributed by atoms with E-state index >= 15 is 0 Å². The van der Waals surface area contributed by atoms with Gasteiger partial charge in [0.25, 0.3) is 0 Å². The number of hydrogen-bond acceptors (Lipinski definition) is 5. The van der Waals surface area contributed by atoms with Crippen molar-refractivity contribution in [3.63, 3.8) is 0 Å². The van der Waals surface area contributed by atoms with E-state index in [0.717, 1.165) is 18.7 Å². The monoisotopic (exact) mass is 281 g/mol. The van der Waals surface area contributed by atoms with Crippen LogP contribution in [0.5, 0.6) is 0 Å². The first-order valence-corrected chi connectivity index (χ1v) is 7.89. The molecule has 0 bridgehead atoms. The van der Waals surface area contributed by atoms with Crippen LogP contribution in [-0.2, 0) is 11.2 Å². The summed E-state index contributed by atoms with van der Waals surface area (Å²) in [7, 11) is 2.05.